The van der Waals surface area contributed by atoms with Crippen molar-refractivity contribution in [2.24, 2.45) is 5.92 Å². The Morgan fingerprint density at radius 2 is 2.08 bits per heavy atom. The molecule has 1 rings (SSSR count). The highest BCUT2D eigenvalue weighted by Crippen LogP contribution is 2.15. The maximum atomic E-state index is 10.9. The first-order valence-electron chi connectivity index (χ1n) is 4.98. The first kappa shape index (κ1) is 12.3. The van der Waals surface area contributed by atoms with Crippen molar-refractivity contribution < 1.29 is 9.53 Å². The zero-order chi connectivity index (χ0) is 10.3. The molecule has 13 heavy (non-hydrogen) atoms. The van der Waals surface area contributed by atoms with Gasteiger partial charge in [0.05, 0.1) is 7.11 Å². The second kappa shape index (κ2) is 6.75. The third kappa shape index (κ3) is 4.76. The third-order valence-electron chi connectivity index (χ3n) is 1.86. The molecule has 1 fully saturated rings. The molecule has 1 aliphatic rings. The minimum Gasteiger partial charge on any atom is -0.453 e. The minimum absolute atomic E-state index is 0.190. The molecule has 1 heterocycles. The third-order valence-corrected chi connectivity index (χ3v) is 1.86. The van der Waals surface area contributed by atoms with Crippen LogP contribution in [0.3, 0.4) is 0 Å². The SMILES string of the molecule is CCC.COC(=O)N1CCC(C)C1. The van der Waals surface area contributed by atoms with Crippen molar-refractivity contribution in [3.63, 3.8) is 0 Å². The second-order valence-corrected chi connectivity index (χ2v) is 3.52. The fourth-order valence-electron chi connectivity index (χ4n) is 1.23. The number of ether oxygens (including phenoxy) is 1. The number of nitrogens with zero attached hydrogens (tertiary/aromatic N) is 1. The molecule has 0 aromatic rings. The molecule has 0 bridgehead atoms. The predicted molar refractivity (Wildman–Crippen MR) is 53.7 cm³/mol. The van der Waals surface area contributed by atoms with Crippen LogP contribution in [0, 0.1) is 5.92 Å². The molecule has 1 amide bonds. The topological polar surface area (TPSA) is 29.5 Å². The zero-order valence-corrected chi connectivity index (χ0v) is 9.17. The summed E-state index contributed by atoms with van der Waals surface area (Å²) in [5.74, 6) is 0.638. The van der Waals surface area contributed by atoms with E-state index in [0.717, 1.165) is 19.5 Å². The molecule has 1 unspecified atom stereocenters. The van der Waals surface area contributed by atoms with Gasteiger partial charge in [-0.15, -0.1) is 0 Å². The van der Waals surface area contributed by atoms with Gasteiger partial charge >= 0.3 is 6.09 Å². The molecule has 0 aliphatic carbocycles. The normalized spacial score (nSPS) is 20.6. The van der Waals surface area contributed by atoms with Gasteiger partial charge in [-0.25, -0.2) is 4.79 Å². The van der Waals surface area contributed by atoms with Gasteiger partial charge in [0.15, 0.2) is 0 Å². The van der Waals surface area contributed by atoms with E-state index in [0.29, 0.717) is 5.92 Å². The van der Waals surface area contributed by atoms with Crippen LogP contribution < -0.4 is 0 Å². The summed E-state index contributed by atoms with van der Waals surface area (Å²) < 4.78 is 4.57. The van der Waals surface area contributed by atoms with Crippen LogP contribution in [0.4, 0.5) is 4.79 Å². The van der Waals surface area contributed by atoms with E-state index in [9.17, 15) is 4.79 Å². The van der Waals surface area contributed by atoms with Crippen LogP contribution in [0.5, 0.6) is 0 Å². The van der Waals surface area contributed by atoms with Crippen molar-refractivity contribution >= 4 is 6.09 Å². The summed E-state index contributed by atoms with van der Waals surface area (Å²) in [6.45, 7) is 8.10. The van der Waals surface area contributed by atoms with Gasteiger partial charge in [0.2, 0.25) is 0 Å². The van der Waals surface area contributed by atoms with Crippen LogP contribution >= 0.6 is 0 Å². The zero-order valence-electron chi connectivity index (χ0n) is 9.17. The average molecular weight is 187 g/mol. The van der Waals surface area contributed by atoms with E-state index in [4.69, 9.17) is 0 Å². The number of likely N-dealkylation sites (tertiary alicyclic amines) is 1. The van der Waals surface area contributed by atoms with Crippen molar-refractivity contribution in [1.82, 2.24) is 4.90 Å². The Bertz CT molecular complexity index is 148. The monoisotopic (exact) mass is 187 g/mol. The van der Waals surface area contributed by atoms with Crippen LogP contribution in [0.2, 0.25) is 0 Å². The second-order valence-electron chi connectivity index (χ2n) is 3.52. The molecular formula is C10H21NO2. The Morgan fingerprint density at radius 1 is 1.54 bits per heavy atom. The lowest BCUT2D eigenvalue weighted by Gasteiger charge is -2.12. The summed E-state index contributed by atoms with van der Waals surface area (Å²) in [7, 11) is 1.42. The van der Waals surface area contributed by atoms with E-state index in [-0.39, 0.29) is 6.09 Å². The molecule has 0 saturated carbocycles. The Kier molecular flexibility index (Phi) is 6.37. The number of amides is 1. The van der Waals surface area contributed by atoms with Crippen molar-refractivity contribution in [1.29, 1.82) is 0 Å². The average Bonchev–Trinajstić information content (AvgIpc) is 2.52. The van der Waals surface area contributed by atoms with E-state index >= 15 is 0 Å². The Labute approximate surface area is 81.1 Å². The van der Waals surface area contributed by atoms with Gasteiger partial charge in [-0.2, -0.15) is 0 Å². The molecule has 0 N–H and O–H groups in total. The molecule has 0 aromatic heterocycles. The van der Waals surface area contributed by atoms with Crippen molar-refractivity contribution in [3.8, 4) is 0 Å². The van der Waals surface area contributed by atoms with Gasteiger partial charge in [-0.05, 0) is 12.3 Å². The van der Waals surface area contributed by atoms with Gasteiger partial charge in [0, 0.05) is 13.1 Å². The molecule has 1 aliphatic heterocycles. The lowest BCUT2D eigenvalue weighted by molar-refractivity contribution is 0.132. The van der Waals surface area contributed by atoms with Crippen LogP contribution in [0.15, 0.2) is 0 Å². The highest BCUT2D eigenvalue weighted by molar-refractivity contribution is 5.67. The number of rotatable bonds is 0. The lowest BCUT2D eigenvalue weighted by Crippen LogP contribution is -2.27. The first-order chi connectivity index (χ1) is 6.15. The van der Waals surface area contributed by atoms with E-state index < -0.39 is 0 Å². The maximum Gasteiger partial charge on any atom is 0.409 e. The predicted octanol–water partition coefficient (Wildman–Crippen LogP) is 2.51. The fourth-order valence-corrected chi connectivity index (χ4v) is 1.23. The van der Waals surface area contributed by atoms with Crippen molar-refractivity contribution in [2.75, 3.05) is 20.2 Å². The number of methoxy groups -OCH3 is 1. The molecule has 0 spiro atoms. The molecule has 1 atom stereocenters. The molecule has 0 radical (unpaired) electrons. The highest BCUT2D eigenvalue weighted by Gasteiger charge is 2.23. The summed E-state index contributed by atoms with van der Waals surface area (Å²) in [6.07, 6.45) is 2.17. The van der Waals surface area contributed by atoms with E-state index in [1.807, 2.05) is 0 Å². The minimum atomic E-state index is -0.190. The van der Waals surface area contributed by atoms with Crippen LogP contribution in [-0.4, -0.2) is 31.2 Å². The number of carbonyl (C=O) groups is 1. The van der Waals surface area contributed by atoms with Crippen molar-refractivity contribution in [2.45, 2.75) is 33.6 Å². The first-order valence-corrected chi connectivity index (χ1v) is 4.98. The summed E-state index contributed by atoms with van der Waals surface area (Å²) in [5.41, 5.74) is 0. The standard InChI is InChI=1S/C7H13NO2.C3H8/c1-6-3-4-8(5-6)7(9)10-2;1-3-2/h6H,3-5H2,1-2H3;3H2,1-2H3. The summed E-state index contributed by atoms with van der Waals surface area (Å²) >= 11 is 0. The Hall–Kier alpha value is -0.730. The quantitative estimate of drug-likeness (QED) is 0.583. The van der Waals surface area contributed by atoms with Gasteiger partial charge in [-0.3, -0.25) is 0 Å². The van der Waals surface area contributed by atoms with Crippen LogP contribution in [0.1, 0.15) is 33.6 Å². The number of hydrogen-bond donors (Lipinski definition) is 0. The van der Waals surface area contributed by atoms with Gasteiger partial charge in [0.1, 0.15) is 0 Å². The van der Waals surface area contributed by atoms with Gasteiger partial charge < -0.3 is 9.64 Å². The number of carbonyl (C=O) groups excluding carboxylic acids is 1. The largest absolute Gasteiger partial charge is 0.453 e. The molecule has 0 aromatic carbocycles. The Morgan fingerprint density at radius 3 is 2.38 bits per heavy atom. The van der Waals surface area contributed by atoms with Gasteiger partial charge in [0.25, 0.3) is 0 Å². The molecule has 3 heteroatoms. The van der Waals surface area contributed by atoms with Crippen molar-refractivity contribution in [3.05, 3.63) is 0 Å². The molecule has 78 valence electrons. The molecular weight excluding hydrogens is 166 g/mol. The van der Waals surface area contributed by atoms with Gasteiger partial charge in [-0.1, -0.05) is 27.2 Å². The smallest absolute Gasteiger partial charge is 0.409 e. The highest BCUT2D eigenvalue weighted by atomic mass is 16.5. The Balaban J connectivity index is 0.000000424. The van der Waals surface area contributed by atoms with E-state index in [1.54, 1.807) is 4.90 Å². The number of hydrogen-bond acceptors (Lipinski definition) is 2. The van der Waals surface area contributed by atoms with E-state index in [1.165, 1.54) is 13.5 Å². The fraction of sp³-hybridized carbons (Fsp3) is 0.900. The summed E-state index contributed by atoms with van der Waals surface area (Å²) in [5, 5.41) is 0. The summed E-state index contributed by atoms with van der Waals surface area (Å²) in [4.78, 5) is 12.6. The van der Waals surface area contributed by atoms with Crippen LogP contribution in [-0.2, 0) is 4.74 Å². The lowest BCUT2D eigenvalue weighted by atomic mass is 10.2. The van der Waals surface area contributed by atoms with Crippen LogP contribution in [0.25, 0.3) is 0 Å². The van der Waals surface area contributed by atoms with E-state index in [2.05, 4.69) is 25.5 Å². The summed E-state index contributed by atoms with van der Waals surface area (Å²) in [6, 6.07) is 0. The maximum absolute atomic E-state index is 10.9. The molecule has 3 nitrogen and oxygen atoms in total. The molecule has 1 saturated heterocycles.